The van der Waals surface area contributed by atoms with Gasteiger partial charge in [-0.15, -0.1) is 0 Å². The van der Waals surface area contributed by atoms with E-state index in [1.165, 1.54) is 11.1 Å². The second-order valence-corrected chi connectivity index (χ2v) is 13.9. The molecule has 0 aliphatic carbocycles. The summed E-state index contributed by atoms with van der Waals surface area (Å²) in [5.41, 5.74) is 9.51. The van der Waals surface area contributed by atoms with E-state index >= 15 is 0 Å². The Morgan fingerprint density at radius 1 is 0.373 bits per heavy atom. The van der Waals surface area contributed by atoms with E-state index in [0.29, 0.717) is 17.5 Å². The zero-order valence-electron chi connectivity index (χ0n) is 29.2. The lowest BCUT2D eigenvalue weighted by atomic mass is 9.78. The van der Waals surface area contributed by atoms with Crippen molar-refractivity contribution in [1.82, 2.24) is 15.0 Å². The molecule has 0 radical (unpaired) electrons. The van der Waals surface area contributed by atoms with Gasteiger partial charge in [-0.1, -0.05) is 158 Å². The van der Waals surface area contributed by atoms with E-state index in [4.69, 9.17) is 24.3 Å². The Morgan fingerprint density at radius 3 is 1.33 bits per heavy atom. The minimum Gasteiger partial charge on any atom is -0.399 e. The van der Waals surface area contributed by atoms with Crippen molar-refractivity contribution in [3.63, 3.8) is 0 Å². The first-order valence-electron chi connectivity index (χ1n) is 17.4. The summed E-state index contributed by atoms with van der Waals surface area (Å²) in [5.74, 6) is 1.78. The average molecular weight is 664 g/mol. The summed E-state index contributed by atoms with van der Waals surface area (Å²) in [6.07, 6.45) is 0. The maximum Gasteiger partial charge on any atom is 0.494 e. The Morgan fingerprint density at radius 2 is 0.765 bits per heavy atom. The van der Waals surface area contributed by atoms with Gasteiger partial charge in [0.15, 0.2) is 17.5 Å². The molecule has 1 saturated heterocycles. The van der Waals surface area contributed by atoms with Gasteiger partial charge in [-0.05, 0) is 66.5 Å². The molecule has 2 heterocycles. The first kappa shape index (κ1) is 32.5. The summed E-state index contributed by atoms with van der Waals surface area (Å²) in [6.45, 7) is 8.27. The smallest absolute Gasteiger partial charge is 0.399 e. The Hall–Kier alpha value is -5.69. The molecule has 1 aromatic heterocycles. The molecule has 6 aromatic carbocycles. The van der Waals surface area contributed by atoms with Crippen molar-refractivity contribution in [2.75, 3.05) is 0 Å². The van der Waals surface area contributed by atoms with Crippen LogP contribution in [0.2, 0.25) is 0 Å². The summed E-state index contributed by atoms with van der Waals surface area (Å²) in [4.78, 5) is 15.3. The molecule has 0 bridgehead atoms. The molecular formula is C45H38BN3O2. The molecule has 8 rings (SSSR count). The molecule has 0 N–H and O–H groups in total. The Kier molecular flexibility index (Phi) is 8.43. The fourth-order valence-electron chi connectivity index (χ4n) is 6.60. The normalized spacial score (nSPS) is 14.8. The van der Waals surface area contributed by atoms with Crippen LogP contribution in [0.4, 0.5) is 0 Å². The third-order valence-electron chi connectivity index (χ3n) is 10.0. The number of rotatable bonds is 7. The van der Waals surface area contributed by atoms with Crippen molar-refractivity contribution in [1.29, 1.82) is 0 Å². The molecule has 7 aromatic rings. The predicted octanol–water partition coefficient (Wildman–Crippen LogP) is 10.2. The lowest BCUT2D eigenvalue weighted by Gasteiger charge is -2.32. The van der Waals surface area contributed by atoms with Crippen LogP contribution in [0, 0.1) is 0 Å². The lowest BCUT2D eigenvalue weighted by molar-refractivity contribution is 0.00578. The molecule has 51 heavy (non-hydrogen) atoms. The highest BCUT2D eigenvalue weighted by atomic mass is 16.7. The summed E-state index contributed by atoms with van der Waals surface area (Å²) >= 11 is 0. The van der Waals surface area contributed by atoms with Crippen LogP contribution in [0.1, 0.15) is 27.7 Å². The summed E-state index contributed by atoms with van der Waals surface area (Å²) in [6, 6.07) is 54.3. The third kappa shape index (κ3) is 6.29. The van der Waals surface area contributed by atoms with E-state index in [-0.39, 0.29) is 0 Å². The topological polar surface area (TPSA) is 57.1 Å². The first-order chi connectivity index (χ1) is 24.8. The van der Waals surface area contributed by atoms with Gasteiger partial charge in [0.1, 0.15) is 0 Å². The molecule has 1 aliphatic heterocycles. The summed E-state index contributed by atoms with van der Waals surface area (Å²) < 4.78 is 12.8. The van der Waals surface area contributed by atoms with E-state index in [1.807, 2.05) is 54.6 Å². The fraction of sp³-hybridized carbons (Fsp3) is 0.133. The van der Waals surface area contributed by atoms with Crippen LogP contribution in [0.5, 0.6) is 0 Å². The van der Waals surface area contributed by atoms with E-state index in [2.05, 4.69) is 131 Å². The lowest BCUT2D eigenvalue weighted by Crippen LogP contribution is -2.41. The summed E-state index contributed by atoms with van der Waals surface area (Å²) in [7, 11) is -0.499. The Labute approximate surface area is 300 Å². The fourth-order valence-corrected chi connectivity index (χ4v) is 6.60. The maximum atomic E-state index is 6.40. The molecule has 248 valence electrons. The van der Waals surface area contributed by atoms with Crippen LogP contribution in [0.15, 0.2) is 158 Å². The third-order valence-corrected chi connectivity index (χ3v) is 10.0. The van der Waals surface area contributed by atoms with Crippen molar-refractivity contribution < 1.29 is 9.31 Å². The molecule has 1 fully saturated rings. The highest BCUT2D eigenvalue weighted by Crippen LogP contribution is 2.41. The highest BCUT2D eigenvalue weighted by Gasteiger charge is 2.51. The molecule has 0 saturated carbocycles. The minimum absolute atomic E-state index is 0.448. The van der Waals surface area contributed by atoms with Gasteiger partial charge in [-0.2, -0.15) is 0 Å². The second-order valence-electron chi connectivity index (χ2n) is 13.9. The number of hydrogen-bond acceptors (Lipinski definition) is 5. The van der Waals surface area contributed by atoms with Crippen LogP contribution < -0.4 is 5.46 Å². The SMILES string of the molecule is CC1(C)OB(c2cccc(-c3nc(-c4ccccc4)nc(-c4ccccc4-c4ccccc4-c4ccccc4-c4ccccc4)n3)c2)OC1(C)C. The van der Waals surface area contributed by atoms with E-state index in [9.17, 15) is 0 Å². The largest absolute Gasteiger partial charge is 0.494 e. The van der Waals surface area contributed by atoms with Gasteiger partial charge in [-0.25, -0.2) is 15.0 Å². The molecule has 1 aliphatic rings. The van der Waals surface area contributed by atoms with Crippen molar-refractivity contribution in [2.45, 2.75) is 38.9 Å². The van der Waals surface area contributed by atoms with Crippen molar-refractivity contribution in [2.24, 2.45) is 0 Å². The Balaban J connectivity index is 1.27. The van der Waals surface area contributed by atoms with Crippen molar-refractivity contribution >= 4 is 12.6 Å². The molecule has 5 nitrogen and oxygen atoms in total. The van der Waals surface area contributed by atoms with Crippen molar-refractivity contribution in [3.05, 3.63) is 158 Å². The zero-order chi connectivity index (χ0) is 35.0. The minimum atomic E-state index is -0.499. The molecule has 0 spiro atoms. The van der Waals surface area contributed by atoms with Crippen molar-refractivity contribution in [3.8, 4) is 67.5 Å². The molecular weight excluding hydrogens is 625 g/mol. The van der Waals surface area contributed by atoms with Crippen LogP contribution in [-0.2, 0) is 9.31 Å². The summed E-state index contributed by atoms with van der Waals surface area (Å²) in [5, 5.41) is 0. The van der Waals surface area contributed by atoms with Crippen LogP contribution in [0.25, 0.3) is 67.5 Å². The molecule has 0 amide bonds. The van der Waals surface area contributed by atoms with Gasteiger partial charge in [0.2, 0.25) is 0 Å². The van der Waals surface area contributed by atoms with E-state index in [0.717, 1.165) is 44.4 Å². The maximum absolute atomic E-state index is 6.40. The molecule has 0 atom stereocenters. The predicted molar refractivity (Wildman–Crippen MR) is 208 cm³/mol. The van der Waals surface area contributed by atoms with Gasteiger partial charge in [0, 0.05) is 16.7 Å². The van der Waals surface area contributed by atoms with E-state index in [1.54, 1.807) is 0 Å². The second kappa shape index (κ2) is 13.2. The van der Waals surface area contributed by atoms with Crippen LogP contribution in [-0.4, -0.2) is 33.3 Å². The molecule has 6 heteroatoms. The van der Waals surface area contributed by atoms with Crippen LogP contribution >= 0.6 is 0 Å². The zero-order valence-corrected chi connectivity index (χ0v) is 29.2. The van der Waals surface area contributed by atoms with Gasteiger partial charge >= 0.3 is 7.12 Å². The van der Waals surface area contributed by atoms with Gasteiger partial charge in [-0.3, -0.25) is 0 Å². The number of benzene rings is 6. The first-order valence-corrected chi connectivity index (χ1v) is 17.4. The van der Waals surface area contributed by atoms with Gasteiger partial charge < -0.3 is 9.31 Å². The monoisotopic (exact) mass is 663 g/mol. The standard InChI is InChI=1S/C45H38BN3O2/c1-44(2)45(3,4)51-46(50-44)34-23-17-22-33(30-34)42-47-41(32-20-9-6-10-21-32)48-43(49-42)40-29-16-15-28-39(40)38-27-14-13-26-37(38)36-25-12-11-24-35(36)31-18-7-5-8-19-31/h5-30H,1-4H3. The van der Waals surface area contributed by atoms with E-state index < -0.39 is 18.3 Å². The number of nitrogens with zero attached hydrogens (tertiary/aromatic N) is 3. The quantitative estimate of drug-likeness (QED) is 0.159. The number of hydrogen-bond donors (Lipinski definition) is 0. The van der Waals surface area contributed by atoms with Crippen LogP contribution in [0.3, 0.4) is 0 Å². The Bertz CT molecular complexity index is 2320. The number of aromatic nitrogens is 3. The molecule has 0 unspecified atom stereocenters. The van der Waals surface area contributed by atoms with Gasteiger partial charge in [0.05, 0.1) is 11.2 Å². The van der Waals surface area contributed by atoms with Gasteiger partial charge in [0.25, 0.3) is 0 Å². The average Bonchev–Trinajstić information content (AvgIpc) is 3.41. The highest BCUT2D eigenvalue weighted by molar-refractivity contribution is 6.62.